The molecule has 0 bridgehead atoms. The zero-order valence-corrected chi connectivity index (χ0v) is 52.7. The Kier molecular flexibility index (Phi) is 27.2. The molecule has 1 aliphatic carbocycles. The fraction of sp³-hybridized carbons (Fsp3) is 0.615. The van der Waals surface area contributed by atoms with E-state index >= 15 is 0 Å². The molecule has 19 heteroatoms. The minimum Gasteiger partial charge on any atom is -0.462 e. The van der Waals surface area contributed by atoms with Crippen molar-refractivity contribution in [1.29, 1.82) is 0 Å². The molecule has 0 spiro atoms. The molecule has 19 nitrogen and oxygen atoms in total. The second-order valence-electron chi connectivity index (χ2n) is 23.9. The highest BCUT2D eigenvalue weighted by molar-refractivity contribution is 5.96. The van der Waals surface area contributed by atoms with E-state index in [0.29, 0.717) is 44.2 Å². The van der Waals surface area contributed by atoms with Gasteiger partial charge in [0.05, 0.1) is 6.54 Å². The standard InChI is InChI=1S/C65H96N6O13/c1-17-26-42(10)57-44(12)52(82-54(73)31-20-19-25-34-66-65(80)81-37-50-48-29-23-21-27-46(48)47-28-22-24-30-49(47)50)33-32-43(11)63(78)84-58(41(9)18-2)59(74)68-56(40(7)8)62(77)71(16)51(35-38(3)4)60(75)69(14)36-53(72)67-55(39(5)6)61(76)70(15)45(13)64(79)83-57/h21-24,26-30,32,38-41,44-45,50-52,55-58H,17-20,25,31,33-37H2,1-16H3,(H,66,80)(H,67,72)(H,68,74)/b42-26+,43-32+/t41-,44-,45-,51+,52-,55-,56-,57+,58+/m0/s1. The van der Waals surface area contributed by atoms with Crippen molar-refractivity contribution in [2.45, 2.75) is 190 Å². The molecule has 2 aromatic carbocycles. The zero-order valence-electron chi connectivity index (χ0n) is 52.7. The highest BCUT2D eigenvalue weighted by atomic mass is 16.6. The molecule has 4 rings (SSSR count). The van der Waals surface area contributed by atoms with Gasteiger partial charge in [0.25, 0.3) is 5.91 Å². The van der Waals surface area contributed by atoms with Crippen LogP contribution < -0.4 is 16.0 Å². The van der Waals surface area contributed by atoms with Crippen LogP contribution in [0.4, 0.5) is 4.79 Å². The fourth-order valence-electron chi connectivity index (χ4n) is 10.5. The van der Waals surface area contributed by atoms with E-state index in [9.17, 15) is 43.2 Å². The Morgan fingerprint density at radius 2 is 1.36 bits per heavy atom. The minimum absolute atomic E-state index is 0.0109. The van der Waals surface area contributed by atoms with Gasteiger partial charge in [-0.3, -0.25) is 28.8 Å². The maximum absolute atomic E-state index is 14.5. The fourth-order valence-corrected chi connectivity index (χ4v) is 10.5. The summed E-state index contributed by atoms with van der Waals surface area (Å²) in [5.41, 5.74) is 5.23. The minimum atomic E-state index is -1.34. The number of alkyl carbamates (subject to hydrolysis) is 1. The molecular formula is C65H96N6O13. The Hall–Kier alpha value is -7.05. The van der Waals surface area contributed by atoms with E-state index in [4.69, 9.17) is 18.9 Å². The lowest BCUT2D eigenvalue weighted by atomic mass is 9.90. The summed E-state index contributed by atoms with van der Waals surface area (Å²) < 4.78 is 24.2. The van der Waals surface area contributed by atoms with Crippen LogP contribution in [-0.4, -0.2) is 152 Å². The van der Waals surface area contributed by atoms with Crippen molar-refractivity contribution in [1.82, 2.24) is 30.7 Å². The lowest BCUT2D eigenvalue weighted by molar-refractivity contribution is -0.164. The summed E-state index contributed by atoms with van der Waals surface area (Å²) in [7, 11) is 4.34. The number of carbonyl (C=O) groups excluding carboxylic acids is 9. The smallest absolute Gasteiger partial charge is 0.407 e. The van der Waals surface area contributed by atoms with Gasteiger partial charge < -0.3 is 49.6 Å². The average molecular weight is 1170 g/mol. The van der Waals surface area contributed by atoms with Gasteiger partial charge in [0.15, 0.2) is 6.10 Å². The SMILES string of the molecule is CC/C=C(\C)[C@H]1OC(=O)[C@H](C)N(C)C(=O)[C@H](C(C)C)NC(=O)CN(C)C(=O)[C@@H](CC(C)C)N(C)C(=O)[C@H](C(C)C)NC(=O)[C@@H]([C@@H](C)CC)OC(=O)/C(C)=C/C[C@H](OC(=O)CCCCCNC(=O)OCC2c3ccccc3-c3ccccc32)[C@@H]1C. The second-order valence-corrected chi connectivity index (χ2v) is 23.9. The lowest BCUT2D eigenvalue weighted by Gasteiger charge is -2.36. The van der Waals surface area contributed by atoms with E-state index < -0.39 is 126 Å². The van der Waals surface area contributed by atoms with Gasteiger partial charge in [-0.05, 0) is 98.5 Å². The number of hydrogen-bond acceptors (Lipinski definition) is 13. The zero-order chi connectivity index (χ0) is 62.7. The molecule has 1 aliphatic heterocycles. The molecule has 6 amide bonds. The third kappa shape index (κ3) is 19.0. The normalized spacial score (nSPS) is 24.4. The third-order valence-corrected chi connectivity index (χ3v) is 16.2. The number of nitrogens with zero attached hydrogens (tertiary/aromatic N) is 3. The van der Waals surface area contributed by atoms with Crippen molar-refractivity contribution in [2.24, 2.45) is 29.6 Å². The van der Waals surface area contributed by atoms with Gasteiger partial charge in [0.1, 0.15) is 43.0 Å². The predicted octanol–water partition coefficient (Wildman–Crippen LogP) is 8.67. The van der Waals surface area contributed by atoms with Crippen LogP contribution in [-0.2, 0) is 57.3 Å². The summed E-state index contributed by atoms with van der Waals surface area (Å²) >= 11 is 0. The van der Waals surface area contributed by atoms with E-state index in [0.717, 1.165) is 22.3 Å². The number of carbonyl (C=O) groups is 9. The lowest BCUT2D eigenvalue weighted by Crippen LogP contribution is -2.59. The van der Waals surface area contributed by atoms with Gasteiger partial charge in [-0.2, -0.15) is 0 Å². The molecule has 9 atom stereocenters. The van der Waals surface area contributed by atoms with Crippen LogP contribution in [0, 0.1) is 29.6 Å². The number of rotatable bonds is 17. The largest absolute Gasteiger partial charge is 0.462 e. The van der Waals surface area contributed by atoms with Crippen LogP contribution in [0.25, 0.3) is 11.1 Å². The van der Waals surface area contributed by atoms with Crippen LogP contribution >= 0.6 is 0 Å². The summed E-state index contributed by atoms with van der Waals surface area (Å²) in [5, 5.41) is 8.42. The molecule has 2 aliphatic rings. The number of amides is 6. The Balaban J connectivity index is 1.62. The van der Waals surface area contributed by atoms with Crippen molar-refractivity contribution in [3.05, 3.63) is 83.0 Å². The van der Waals surface area contributed by atoms with E-state index in [1.54, 1.807) is 54.5 Å². The topological polar surface area (TPSA) is 236 Å². The number of ether oxygens (including phenoxy) is 4. The quantitative estimate of drug-likeness (QED) is 0.0583. The summed E-state index contributed by atoms with van der Waals surface area (Å²) in [6.45, 7) is 22.9. The summed E-state index contributed by atoms with van der Waals surface area (Å²) in [6, 6.07) is 11.7. The first-order valence-electron chi connectivity index (χ1n) is 30.1. The maximum atomic E-state index is 14.5. The van der Waals surface area contributed by atoms with E-state index in [1.165, 1.54) is 49.7 Å². The molecule has 0 saturated carbocycles. The van der Waals surface area contributed by atoms with Crippen LogP contribution in [0.3, 0.4) is 0 Å². The van der Waals surface area contributed by atoms with Crippen molar-refractivity contribution in [3.8, 4) is 11.1 Å². The number of allylic oxidation sites excluding steroid dienone is 1. The highest BCUT2D eigenvalue weighted by Crippen LogP contribution is 2.44. The first-order valence-corrected chi connectivity index (χ1v) is 30.1. The van der Waals surface area contributed by atoms with Gasteiger partial charge in [-0.15, -0.1) is 0 Å². The molecule has 3 N–H and O–H groups in total. The molecule has 84 heavy (non-hydrogen) atoms. The first kappa shape index (κ1) is 69.4. The van der Waals surface area contributed by atoms with Crippen molar-refractivity contribution in [3.63, 3.8) is 0 Å². The first-order chi connectivity index (χ1) is 39.6. The predicted molar refractivity (Wildman–Crippen MR) is 322 cm³/mol. The molecule has 0 fully saturated rings. The van der Waals surface area contributed by atoms with Crippen LogP contribution in [0.15, 0.2) is 71.8 Å². The third-order valence-electron chi connectivity index (χ3n) is 16.2. The number of nitrogens with one attached hydrogen (secondary N) is 3. The van der Waals surface area contributed by atoms with Crippen molar-refractivity contribution >= 4 is 53.5 Å². The average Bonchev–Trinajstić information content (AvgIpc) is 3.85. The van der Waals surface area contributed by atoms with Gasteiger partial charge in [0.2, 0.25) is 23.6 Å². The summed E-state index contributed by atoms with van der Waals surface area (Å²) in [4.78, 5) is 130. The molecule has 0 saturated heterocycles. The molecule has 0 aromatic heterocycles. The second kappa shape index (κ2) is 32.9. The van der Waals surface area contributed by atoms with E-state index in [1.807, 2.05) is 58.0 Å². The van der Waals surface area contributed by atoms with Gasteiger partial charge in [-0.25, -0.2) is 14.4 Å². The van der Waals surface area contributed by atoms with Crippen LogP contribution in [0.1, 0.15) is 158 Å². The number of cyclic esters (lactones) is 2. The molecule has 464 valence electrons. The number of unbranched alkanes of at least 4 members (excludes halogenated alkanes) is 2. The number of hydrogen-bond donors (Lipinski definition) is 3. The summed E-state index contributed by atoms with van der Waals surface area (Å²) in [5.74, 6) is -7.54. The van der Waals surface area contributed by atoms with Crippen LogP contribution in [0.5, 0.6) is 0 Å². The van der Waals surface area contributed by atoms with E-state index in [-0.39, 0.29) is 43.3 Å². The Labute approximate surface area is 498 Å². The molecule has 0 unspecified atom stereocenters. The number of benzene rings is 2. The highest BCUT2D eigenvalue weighted by Gasteiger charge is 2.41. The number of fused-ring (bicyclic) bond motifs is 3. The molecule has 1 heterocycles. The van der Waals surface area contributed by atoms with Crippen LogP contribution in [0.2, 0.25) is 0 Å². The molecule has 2 aromatic rings. The Bertz CT molecular complexity index is 2640. The van der Waals surface area contributed by atoms with Gasteiger partial charge in [0, 0.05) is 63.9 Å². The van der Waals surface area contributed by atoms with E-state index in [2.05, 4.69) is 40.2 Å². The number of esters is 3. The Morgan fingerprint density at radius 1 is 0.774 bits per heavy atom. The van der Waals surface area contributed by atoms with Crippen molar-refractivity contribution < 1.29 is 62.1 Å². The maximum Gasteiger partial charge on any atom is 0.407 e. The monoisotopic (exact) mass is 1170 g/mol. The molecule has 0 radical (unpaired) electrons. The van der Waals surface area contributed by atoms with Gasteiger partial charge >= 0.3 is 24.0 Å². The molecular weight excluding hydrogens is 1070 g/mol. The number of likely N-dealkylation sites (N-methyl/N-ethyl adjacent to an activating group) is 3. The Morgan fingerprint density at radius 3 is 1.93 bits per heavy atom. The summed E-state index contributed by atoms with van der Waals surface area (Å²) in [6.07, 6.45) is 2.29. The van der Waals surface area contributed by atoms with Crippen molar-refractivity contribution in [2.75, 3.05) is 40.8 Å². The van der Waals surface area contributed by atoms with Gasteiger partial charge in [-0.1, -0.05) is 136 Å².